The van der Waals surface area contributed by atoms with Gasteiger partial charge in [-0.2, -0.15) is 5.26 Å². The monoisotopic (exact) mass is 216 g/mol. The van der Waals surface area contributed by atoms with Gasteiger partial charge >= 0.3 is 5.97 Å². The largest absolute Gasteiger partial charge is 0.481 e. The summed E-state index contributed by atoms with van der Waals surface area (Å²) in [7, 11) is 0. The van der Waals surface area contributed by atoms with Gasteiger partial charge in [-0.15, -0.1) is 0 Å². The van der Waals surface area contributed by atoms with Crippen LogP contribution in [0.25, 0.3) is 11.1 Å². The summed E-state index contributed by atoms with van der Waals surface area (Å²) in [6, 6.07) is 7.23. The van der Waals surface area contributed by atoms with Gasteiger partial charge < -0.3 is 9.52 Å². The number of carboxylic acid groups (broad SMARTS) is 1. The Morgan fingerprint density at radius 1 is 1.56 bits per heavy atom. The van der Waals surface area contributed by atoms with Gasteiger partial charge in [0.2, 0.25) is 5.89 Å². The Hall–Kier alpha value is -2.35. The molecule has 2 aromatic rings. The summed E-state index contributed by atoms with van der Waals surface area (Å²) in [6.45, 7) is 0. The maximum atomic E-state index is 10.5. The van der Waals surface area contributed by atoms with Crippen LogP contribution in [0.3, 0.4) is 0 Å². The molecule has 16 heavy (non-hydrogen) atoms. The molecule has 2 rings (SSSR count). The highest BCUT2D eigenvalue weighted by molar-refractivity contribution is 5.75. The molecule has 5 nitrogen and oxygen atoms in total. The molecule has 0 radical (unpaired) electrons. The molecule has 1 aromatic carbocycles. The number of benzene rings is 1. The number of nitrogens with zero attached hydrogens (tertiary/aromatic N) is 2. The highest BCUT2D eigenvalue weighted by atomic mass is 16.4. The second kappa shape index (κ2) is 4.03. The SMILES string of the molecule is N#CCc1ccc2nc(CC(=O)O)oc2c1. The van der Waals surface area contributed by atoms with Crippen molar-refractivity contribution in [2.45, 2.75) is 12.8 Å². The number of rotatable bonds is 3. The van der Waals surface area contributed by atoms with E-state index in [1.54, 1.807) is 18.2 Å². The Balaban J connectivity index is 2.38. The molecule has 1 heterocycles. The lowest BCUT2D eigenvalue weighted by molar-refractivity contribution is -0.136. The molecule has 0 saturated carbocycles. The van der Waals surface area contributed by atoms with Crippen molar-refractivity contribution in [3.63, 3.8) is 0 Å². The Bertz CT molecular complexity index is 580. The second-order valence-electron chi connectivity index (χ2n) is 3.32. The van der Waals surface area contributed by atoms with Crippen LogP contribution < -0.4 is 0 Å². The fourth-order valence-electron chi connectivity index (χ4n) is 1.42. The topological polar surface area (TPSA) is 87.1 Å². The predicted octanol–water partition coefficient (Wildman–Crippen LogP) is 1.52. The molecule has 0 amide bonds. The van der Waals surface area contributed by atoms with Crippen LogP contribution in [0.2, 0.25) is 0 Å². The van der Waals surface area contributed by atoms with Crippen molar-refractivity contribution in [3.05, 3.63) is 29.7 Å². The summed E-state index contributed by atoms with van der Waals surface area (Å²) < 4.78 is 5.26. The fourth-order valence-corrected chi connectivity index (χ4v) is 1.42. The van der Waals surface area contributed by atoms with E-state index in [9.17, 15) is 4.79 Å². The normalized spacial score (nSPS) is 10.2. The number of hydrogen-bond donors (Lipinski definition) is 1. The number of carboxylic acids is 1. The molecule has 0 unspecified atom stereocenters. The Labute approximate surface area is 90.9 Å². The Morgan fingerprint density at radius 2 is 2.38 bits per heavy atom. The predicted molar refractivity (Wildman–Crippen MR) is 54.7 cm³/mol. The molecule has 80 valence electrons. The van der Waals surface area contributed by atoms with E-state index >= 15 is 0 Å². The zero-order chi connectivity index (χ0) is 11.5. The first-order chi connectivity index (χ1) is 7.69. The van der Waals surface area contributed by atoms with Crippen LogP contribution in [0.15, 0.2) is 22.6 Å². The van der Waals surface area contributed by atoms with E-state index in [-0.39, 0.29) is 12.3 Å². The van der Waals surface area contributed by atoms with Crippen LogP contribution in [0, 0.1) is 11.3 Å². The number of carbonyl (C=O) groups is 1. The summed E-state index contributed by atoms with van der Waals surface area (Å²) in [4.78, 5) is 14.5. The molecule has 0 saturated heterocycles. The van der Waals surface area contributed by atoms with Crippen molar-refractivity contribution in [3.8, 4) is 6.07 Å². The quantitative estimate of drug-likeness (QED) is 0.840. The van der Waals surface area contributed by atoms with Crippen LogP contribution in [0.1, 0.15) is 11.5 Å². The summed E-state index contributed by atoms with van der Waals surface area (Å²) in [5.74, 6) is -0.805. The third-order valence-electron chi connectivity index (χ3n) is 2.08. The molecule has 0 aliphatic rings. The van der Waals surface area contributed by atoms with Crippen LogP contribution in [-0.4, -0.2) is 16.1 Å². The van der Waals surface area contributed by atoms with Crippen LogP contribution in [-0.2, 0) is 17.6 Å². The summed E-state index contributed by atoms with van der Waals surface area (Å²) in [6.07, 6.45) is 0.0627. The van der Waals surface area contributed by atoms with Gasteiger partial charge in [-0.3, -0.25) is 4.79 Å². The van der Waals surface area contributed by atoms with Gasteiger partial charge in [-0.05, 0) is 17.7 Å². The molecule has 0 spiro atoms. The van der Waals surface area contributed by atoms with E-state index < -0.39 is 5.97 Å². The van der Waals surface area contributed by atoms with Crippen molar-refractivity contribution >= 4 is 17.1 Å². The fraction of sp³-hybridized carbons (Fsp3) is 0.182. The molecular weight excluding hydrogens is 208 g/mol. The second-order valence-corrected chi connectivity index (χ2v) is 3.32. The maximum Gasteiger partial charge on any atom is 0.312 e. The molecular formula is C11H8N2O3. The van der Waals surface area contributed by atoms with Gasteiger partial charge in [0.05, 0.1) is 12.5 Å². The first-order valence-electron chi connectivity index (χ1n) is 4.66. The first-order valence-corrected chi connectivity index (χ1v) is 4.66. The molecule has 0 aliphatic carbocycles. The zero-order valence-corrected chi connectivity index (χ0v) is 8.30. The Kier molecular flexibility index (Phi) is 2.56. The van der Waals surface area contributed by atoms with Gasteiger partial charge in [0.15, 0.2) is 5.58 Å². The minimum Gasteiger partial charge on any atom is -0.481 e. The van der Waals surface area contributed by atoms with E-state index in [0.29, 0.717) is 17.5 Å². The minimum atomic E-state index is -0.983. The van der Waals surface area contributed by atoms with E-state index in [0.717, 1.165) is 5.56 Å². The van der Waals surface area contributed by atoms with Gasteiger partial charge in [-0.25, -0.2) is 4.98 Å². The van der Waals surface area contributed by atoms with Gasteiger partial charge in [-0.1, -0.05) is 6.07 Å². The van der Waals surface area contributed by atoms with Crippen molar-refractivity contribution in [2.75, 3.05) is 0 Å². The number of fused-ring (bicyclic) bond motifs is 1. The average Bonchev–Trinajstić information content (AvgIpc) is 2.58. The van der Waals surface area contributed by atoms with Crippen LogP contribution in [0.5, 0.6) is 0 Å². The molecule has 1 N–H and O–H groups in total. The molecule has 0 aliphatic heterocycles. The molecule has 0 fully saturated rings. The summed E-state index contributed by atoms with van der Waals surface area (Å²) >= 11 is 0. The molecule has 0 bridgehead atoms. The van der Waals surface area contributed by atoms with E-state index in [1.807, 2.05) is 6.07 Å². The van der Waals surface area contributed by atoms with E-state index in [1.165, 1.54) is 0 Å². The van der Waals surface area contributed by atoms with E-state index in [2.05, 4.69) is 4.98 Å². The third kappa shape index (κ3) is 2.01. The first kappa shape index (κ1) is 10.2. The minimum absolute atomic E-state index is 0.177. The number of hydrogen-bond acceptors (Lipinski definition) is 4. The van der Waals surface area contributed by atoms with Crippen LogP contribution in [0.4, 0.5) is 0 Å². The lowest BCUT2D eigenvalue weighted by Crippen LogP contribution is -1.99. The number of nitriles is 1. The molecule has 1 aromatic heterocycles. The van der Waals surface area contributed by atoms with Crippen LogP contribution >= 0.6 is 0 Å². The lowest BCUT2D eigenvalue weighted by atomic mass is 10.1. The molecule has 5 heteroatoms. The van der Waals surface area contributed by atoms with Gasteiger partial charge in [0.25, 0.3) is 0 Å². The summed E-state index contributed by atoms with van der Waals surface area (Å²) in [5, 5.41) is 17.1. The van der Waals surface area contributed by atoms with Crippen molar-refractivity contribution in [1.82, 2.24) is 4.98 Å². The standard InChI is InChI=1S/C11H8N2O3/c12-4-3-7-1-2-8-9(5-7)16-10(13-8)6-11(14)15/h1-2,5H,3,6H2,(H,14,15). The van der Waals surface area contributed by atoms with Gasteiger partial charge in [0, 0.05) is 0 Å². The number of oxazole rings is 1. The van der Waals surface area contributed by atoms with Crippen molar-refractivity contribution < 1.29 is 14.3 Å². The average molecular weight is 216 g/mol. The third-order valence-corrected chi connectivity index (χ3v) is 2.08. The highest BCUT2D eigenvalue weighted by Crippen LogP contribution is 2.17. The molecule has 0 atom stereocenters. The number of aromatic nitrogens is 1. The van der Waals surface area contributed by atoms with Gasteiger partial charge in [0.1, 0.15) is 11.9 Å². The van der Waals surface area contributed by atoms with Crippen molar-refractivity contribution in [2.24, 2.45) is 0 Å². The smallest absolute Gasteiger partial charge is 0.312 e. The maximum absolute atomic E-state index is 10.5. The zero-order valence-electron chi connectivity index (χ0n) is 8.30. The van der Waals surface area contributed by atoms with E-state index in [4.69, 9.17) is 14.8 Å². The highest BCUT2D eigenvalue weighted by Gasteiger charge is 2.09. The summed E-state index contributed by atoms with van der Waals surface area (Å²) in [5.41, 5.74) is 1.95. The lowest BCUT2D eigenvalue weighted by Gasteiger charge is -1.91. The van der Waals surface area contributed by atoms with Crippen molar-refractivity contribution in [1.29, 1.82) is 5.26 Å². The number of aliphatic carboxylic acids is 1. The Morgan fingerprint density at radius 3 is 3.06 bits per heavy atom.